The summed E-state index contributed by atoms with van der Waals surface area (Å²) in [5.74, 6) is -1.58. The molecule has 0 saturated heterocycles. The van der Waals surface area contributed by atoms with Crippen molar-refractivity contribution in [1.29, 1.82) is 0 Å². The molecule has 5 nitrogen and oxygen atoms in total. The molecule has 0 saturated carbocycles. The molecule has 98 valence electrons. The minimum Gasteiger partial charge on any atom is -0.364 e. The molecule has 1 heterocycles. The molecule has 3 N–H and O–H groups in total. The van der Waals surface area contributed by atoms with Crippen LogP contribution in [0.4, 0.5) is 9.52 Å². The molecule has 8 heteroatoms. The van der Waals surface area contributed by atoms with Gasteiger partial charge >= 0.3 is 0 Å². The fraction of sp³-hybridized carbons (Fsp3) is 0. The Balaban J connectivity index is 2.18. The quantitative estimate of drug-likeness (QED) is 0.897. The summed E-state index contributed by atoms with van der Waals surface area (Å²) in [5.41, 5.74) is 5.40. The number of nitrogens with one attached hydrogen (secondary N) is 1. The number of primary amides is 1. The van der Waals surface area contributed by atoms with Crippen molar-refractivity contribution in [3.05, 3.63) is 45.1 Å². The number of halogens is 2. The van der Waals surface area contributed by atoms with Gasteiger partial charge in [-0.15, -0.1) is 11.3 Å². The van der Waals surface area contributed by atoms with E-state index < -0.39 is 17.6 Å². The van der Waals surface area contributed by atoms with Crippen LogP contribution in [-0.2, 0) is 0 Å². The van der Waals surface area contributed by atoms with Crippen LogP contribution < -0.4 is 11.1 Å². The van der Waals surface area contributed by atoms with Gasteiger partial charge in [0.25, 0.3) is 11.8 Å². The second-order valence-corrected chi connectivity index (χ2v) is 5.19. The Morgan fingerprint density at radius 2 is 2.16 bits per heavy atom. The van der Waals surface area contributed by atoms with Gasteiger partial charge in [0.2, 0.25) is 0 Å². The number of carbonyl (C=O) groups is 2. The van der Waals surface area contributed by atoms with Crippen molar-refractivity contribution in [2.75, 3.05) is 5.32 Å². The Morgan fingerprint density at radius 1 is 1.42 bits per heavy atom. The third-order valence-electron chi connectivity index (χ3n) is 2.15. The van der Waals surface area contributed by atoms with E-state index in [4.69, 9.17) is 5.73 Å². The number of aromatic nitrogens is 1. The van der Waals surface area contributed by atoms with Crippen molar-refractivity contribution < 1.29 is 14.0 Å². The Bertz CT molecular complexity index is 659. The predicted molar refractivity (Wildman–Crippen MR) is 72.7 cm³/mol. The number of hydrogen-bond acceptors (Lipinski definition) is 4. The second kappa shape index (κ2) is 5.45. The summed E-state index contributed by atoms with van der Waals surface area (Å²) in [6.07, 6.45) is 0. The summed E-state index contributed by atoms with van der Waals surface area (Å²) in [7, 11) is 0. The smallest absolute Gasteiger partial charge is 0.268 e. The predicted octanol–water partition coefficient (Wildman–Crippen LogP) is 2.40. The van der Waals surface area contributed by atoms with Crippen LogP contribution in [-0.4, -0.2) is 16.8 Å². The Hall–Kier alpha value is -1.80. The molecule has 0 aliphatic heterocycles. The normalized spacial score (nSPS) is 10.2. The van der Waals surface area contributed by atoms with E-state index in [9.17, 15) is 14.0 Å². The van der Waals surface area contributed by atoms with Crippen LogP contribution in [0.5, 0.6) is 0 Å². The molecule has 1 aromatic heterocycles. The zero-order chi connectivity index (χ0) is 14.0. The summed E-state index contributed by atoms with van der Waals surface area (Å²) in [5, 5.41) is 4.19. The van der Waals surface area contributed by atoms with Gasteiger partial charge in [0.1, 0.15) is 11.5 Å². The lowest BCUT2D eigenvalue weighted by atomic mass is 10.2. The van der Waals surface area contributed by atoms with Gasteiger partial charge in [0.15, 0.2) is 5.13 Å². The third kappa shape index (κ3) is 3.15. The van der Waals surface area contributed by atoms with Crippen LogP contribution in [0.3, 0.4) is 0 Å². The Morgan fingerprint density at radius 3 is 2.74 bits per heavy atom. The minimum atomic E-state index is -0.667. The maximum atomic E-state index is 12.9. The number of thiazole rings is 1. The van der Waals surface area contributed by atoms with Gasteiger partial charge in [0, 0.05) is 9.85 Å². The van der Waals surface area contributed by atoms with Crippen LogP contribution in [0.2, 0.25) is 0 Å². The molecule has 0 atom stereocenters. The molecular weight excluding hydrogens is 337 g/mol. The maximum Gasteiger partial charge on any atom is 0.268 e. The highest BCUT2D eigenvalue weighted by atomic mass is 79.9. The van der Waals surface area contributed by atoms with Gasteiger partial charge in [-0.05, 0) is 34.1 Å². The first kappa shape index (κ1) is 13.6. The highest BCUT2D eigenvalue weighted by molar-refractivity contribution is 9.10. The standard InChI is InChI=1S/C11H7BrFN3O2S/c12-7-3-5(13)1-2-6(7)10(18)16-11-15-8(4-19-11)9(14)17/h1-4H,(H2,14,17)(H,15,16,18). The van der Waals surface area contributed by atoms with Crippen LogP contribution in [0.1, 0.15) is 20.8 Å². The topological polar surface area (TPSA) is 85.1 Å². The Labute approximate surface area is 119 Å². The molecule has 0 spiro atoms. The molecule has 0 aliphatic rings. The summed E-state index contributed by atoms with van der Waals surface area (Å²) in [6, 6.07) is 3.71. The zero-order valence-corrected chi connectivity index (χ0v) is 11.7. The largest absolute Gasteiger partial charge is 0.364 e. The van der Waals surface area contributed by atoms with E-state index in [2.05, 4.69) is 26.2 Å². The number of anilines is 1. The van der Waals surface area contributed by atoms with Crippen molar-refractivity contribution in [3.63, 3.8) is 0 Å². The average Bonchev–Trinajstić information content (AvgIpc) is 2.77. The van der Waals surface area contributed by atoms with Crippen LogP contribution in [0, 0.1) is 5.82 Å². The SMILES string of the molecule is NC(=O)c1csc(NC(=O)c2ccc(F)cc2Br)n1. The van der Waals surface area contributed by atoms with Crippen molar-refractivity contribution in [2.45, 2.75) is 0 Å². The number of rotatable bonds is 3. The third-order valence-corrected chi connectivity index (χ3v) is 3.57. The van der Waals surface area contributed by atoms with E-state index in [0.717, 1.165) is 11.3 Å². The first-order chi connectivity index (χ1) is 8.97. The summed E-state index contributed by atoms with van der Waals surface area (Å²) in [4.78, 5) is 26.6. The fourth-order valence-corrected chi connectivity index (χ4v) is 2.51. The summed E-state index contributed by atoms with van der Waals surface area (Å²) in [6.45, 7) is 0. The first-order valence-electron chi connectivity index (χ1n) is 4.99. The molecule has 0 aliphatic carbocycles. The van der Waals surface area contributed by atoms with Crippen molar-refractivity contribution in [1.82, 2.24) is 4.98 Å². The molecule has 0 bridgehead atoms. The van der Waals surface area contributed by atoms with Crippen molar-refractivity contribution in [3.8, 4) is 0 Å². The van der Waals surface area contributed by atoms with E-state index in [-0.39, 0.29) is 16.4 Å². The highest BCUT2D eigenvalue weighted by Crippen LogP contribution is 2.21. The molecule has 2 aromatic rings. The fourth-order valence-electron chi connectivity index (χ4n) is 1.28. The summed E-state index contributed by atoms with van der Waals surface area (Å²) >= 11 is 4.17. The lowest BCUT2D eigenvalue weighted by Gasteiger charge is -2.04. The molecule has 1 aromatic carbocycles. The van der Waals surface area contributed by atoms with Gasteiger partial charge in [-0.3, -0.25) is 14.9 Å². The van der Waals surface area contributed by atoms with Gasteiger partial charge in [-0.2, -0.15) is 0 Å². The van der Waals surface area contributed by atoms with E-state index in [0.29, 0.717) is 4.47 Å². The van der Waals surface area contributed by atoms with Crippen molar-refractivity contribution >= 4 is 44.2 Å². The first-order valence-corrected chi connectivity index (χ1v) is 6.66. The second-order valence-electron chi connectivity index (χ2n) is 3.48. The van der Waals surface area contributed by atoms with Gasteiger partial charge < -0.3 is 5.73 Å². The number of hydrogen-bond donors (Lipinski definition) is 2. The number of carbonyl (C=O) groups excluding carboxylic acids is 2. The molecular formula is C11H7BrFN3O2S. The number of nitrogens with zero attached hydrogens (tertiary/aromatic N) is 1. The lowest BCUT2D eigenvalue weighted by Crippen LogP contribution is -2.14. The van der Waals surface area contributed by atoms with E-state index in [1.807, 2.05) is 0 Å². The van der Waals surface area contributed by atoms with E-state index in [1.54, 1.807) is 0 Å². The van der Waals surface area contributed by atoms with E-state index >= 15 is 0 Å². The maximum absolute atomic E-state index is 12.9. The summed E-state index contributed by atoms with van der Waals surface area (Å²) < 4.78 is 13.2. The minimum absolute atomic E-state index is 0.0819. The van der Waals surface area contributed by atoms with Gasteiger partial charge in [0.05, 0.1) is 5.56 Å². The van der Waals surface area contributed by atoms with Crippen molar-refractivity contribution in [2.24, 2.45) is 5.73 Å². The highest BCUT2D eigenvalue weighted by Gasteiger charge is 2.14. The molecule has 2 rings (SSSR count). The molecule has 0 unspecified atom stereocenters. The lowest BCUT2D eigenvalue weighted by molar-refractivity contribution is 0.0992. The zero-order valence-electron chi connectivity index (χ0n) is 9.31. The molecule has 0 fully saturated rings. The molecule has 0 radical (unpaired) electrons. The number of benzene rings is 1. The van der Waals surface area contributed by atoms with Crippen LogP contribution in [0.15, 0.2) is 28.1 Å². The van der Waals surface area contributed by atoms with Gasteiger partial charge in [-0.1, -0.05) is 0 Å². The Kier molecular flexibility index (Phi) is 3.91. The van der Waals surface area contributed by atoms with Gasteiger partial charge in [-0.25, -0.2) is 9.37 Å². The number of amides is 2. The van der Waals surface area contributed by atoms with Crippen LogP contribution in [0.25, 0.3) is 0 Å². The average molecular weight is 344 g/mol. The molecule has 19 heavy (non-hydrogen) atoms. The number of nitrogens with two attached hydrogens (primary N) is 1. The van der Waals surface area contributed by atoms with E-state index in [1.165, 1.54) is 23.6 Å². The monoisotopic (exact) mass is 343 g/mol. The van der Waals surface area contributed by atoms with Crippen LogP contribution >= 0.6 is 27.3 Å². The molecule has 2 amide bonds.